The Kier molecular flexibility index (Phi) is 6.41. The maximum absolute atomic E-state index is 13.0. The summed E-state index contributed by atoms with van der Waals surface area (Å²) in [4.78, 5) is 22.3. The van der Waals surface area contributed by atoms with E-state index in [-0.39, 0.29) is 5.91 Å². The Balaban J connectivity index is 1.19. The van der Waals surface area contributed by atoms with Crippen molar-refractivity contribution in [2.45, 2.75) is 19.9 Å². The zero-order chi connectivity index (χ0) is 23.5. The number of fused-ring (bicyclic) bond motifs is 1. The highest BCUT2D eigenvalue weighted by atomic mass is 35.5. The number of benzene rings is 2. The molecular formula is C27H28ClN5O. The Morgan fingerprint density at radius 2 is 1.53 bits per heavy atom. The molecule has 1 N–H and O–H groups in total. The number of imidazole rings is 1. The molecule has 4 aromatic rings. The molecule has 1 aliphatic rings. The monoisotopic (exact) mass is 473 g/mol. The molecular weight excluding hydrogens is 446 g/mol. The van der Waals surface area contributed by atoms with E-state index in [1.165, 1.54) is 11.4 Å². The molecule has 0 saturated carbocycles. The van der Waals surface area contributed by atoms with Crippen molar-refractivity contribution < 1.29 is 4.79 Å². The maximum Gasteiger partial charge on any atom is 0.270 e. The Labute approximate surface area is 204 Å². The first kappa shape index (κ1) is 22.3. The number of piperazine rings is 1. The van der Waals surface area contributed by atoms with Crippen LogP contribution in [-0.4, -0.2) is 41.5 Å². The predicted molar refractivity (Wildman–Crippen MR) is 138 cm³/mol. The molecule has 34 heavy (non-hydrogen) atoms. The fraction of sp³-hybridized carbons (Fsp3) is 0.259. The van der Waals surface area contributed by atoms with Gasteiger partial charge in [-0.3, -0.25) is 9.20 Å². The third-order valence-corrected chi connectivity index (χ3v) is 6.63. The molecule has 1 aliphatic heterocycles. The van der Waals surface area contributed by atoms with Gasteiger partial charge in [-0.05, 0) is 60.5 Å². The fourth-order valence-electron chi connectivity index (χ4n) is 4.50. The molecule has 174 valence electrons. The summed E-state index contributed by atoms with van der Waals surface area (Å²) in [6.07, 6.45) is 2.60. The van der Waals surface area contributed by atoms with Gasteiger partial charge in [0.2, 0.25) is 0 Å². The van der Waals surface area contributed by atoms with Crippen LogP contribution >= 0.6 is 11.6 Å². The third kappa shape index (κ3) is 4.59. The zero-order valence-corrected chi connectivity index (χ0v) is 20.0. The van der Waals surface area contributed by atoms with Crippen LogP contribution in [0, 0.1) is 0 Å². The van der Waals surface area contributed by atoms with Gasteiger partial charge in [0.15, 0.2) is 0 Å². The first-order chi connectivity index (χ1) is 16.6. The number of halogens is 1. The Hall–Kier alpha value is -3.51. The smallest absolute Gasteiger partial charge is 0.270 e. The highest BCUT2D eigenvalue weighted by Crippen LogP contribution is 2.22. The van der Waals surface area contributed by atoms with Gasteiger partial charge in [-0.25, -0.2) is 4.98 Å². The molecule has 5 rings (SSSR count). The second-order valence-corrected chi connectivity index (χ2v) is 8.93. The van der Waals surface area contributed by atoms with E-state index in [9.17, 15) is 4.79 Å². The zero-order valence-electron chi connectivity index (χ0n) is 19.2. The van der Waals surface area contributed by atoms with Crippen molar-refractivity contribution in [2.24, 2.45) is 0 Å². The van der Waals surface area contributed by atoms with Crippen molar-refractivity contribution in [3.8, 4) is 0 Å². The van der Waals surface area contributed by atoms with E-state index >= 15 is 0 Å². The first-order valence-corrected chi connectivity index (χ1v) is 12.1. The second kappa shape index (κ2) is 9.77. The molecule has 0 radical (unpaired) electrons. The van der Waals surface area contributed by atoms with Crippen molar-refractivity contribution in [1.29, 1.82) is 0 Å². The Morgan fingerprint density at radius 3 is 2.15 bits per heavy atom. The largest absolute Gasteiger partial charge is 0.368 e. The molecule has 1 fully saturated rings. The summed E-state index contributed by atoms with van der Waals surface area (Å²) in [5, 5.41) is 3.83. The normalized spacial score (nSPS) is 13.9. The van der Waals surface area contributed by atoms with E-state index in [1.807, 2.05) is 47.9 Å². The van der Waals surface area contributed by atoms with Crippen LogP contribution < -0.4 is 15.1 Å². The minimum Gasteiger partial charge on any atom is -0.368 e. The van der Waals surface area contributed by atoms with E-state index < -0.39 is 0 Å². The number of rotatable bonds is 6. The maximum atomic E-state index is 13.0. The lowest BCUT2D eigenvalue weighted by molar-refractivity contribution is 0.0944. The van der Waals surface area contributed by atoms with Crippen molar-refractivity contribution in [1.82, 2.24) is 14.7 Å². The SMILES string of the molecule is CCc1nc2ccccn2c1C(=O)NCc1ccc(N2CCN(c3ccc(Cl)cc3)CC2)cc1. The molecule has 0 spiro atoms. The van der Waals surface area contributed by atoms with Gasteiger partial charge in [0, 0.05) is 55.3 Å². The Bertz CT molecular complexity index is 1270. The summed E-state index contributed by atoms with van der Waals surface area (Å²) in [5.74, 6) is -0.0991. The van der Waals surface area contributed by atoms with Gasteiger partial charge in [0.05, 0.1) is 5.69 Å². The third-order valence-electron chi connectivity index (χ3n) is 6.38. The van der Waals surface area contributed by atoms with Gasteiger partial charge in [0.1, 0.15) is 11.3 Å². The van der Waals surface area contributed by atoms with Crippen LogP contribution in [0.4, 0.5) is 11.4 Å². The molecule has 1 amide bonds. The van der Waals surface area contributed by atoms with Crippen LogP contribution in [-0.2, 0) is 13.0 Å². The molecule has 7 heteroatoms. The number of hydrogen-bond acceptors (Lipinski definition) is 4. The van der Waals surface area contributed by atoms with E-state index in [1.54, 1.807) is 0 Å². The number of hydrogen-bond donors (Lipinski definition) is 1. The van der Waals surface area contributed by atoms with Gasteiger partial charge in [-0.15, -0.1) is 0 Å². The number of amides is 1. The van der Waals surface area contributed by atoms with E-state index in [4.69, 9.17) is 11.6 Å². The van der Waals surface area contributed by atoms with Gasteiger partial charge in [0.25, 0.3) is 5.91 Å². The van der Waals surface area contributed by atoms with Crippen molar-refractivity contribution >= 4 is 34.5 Å². The van der Waals surface area contributed by atoms with Crippen LogP contribution in [0.3, 0.4) is 0 Å². The highest BCUT2D eigenvalue weighted by molar-refractivity contribution is 6.30. The van der Waals surface area contributed by atoms with E-state index in [0.717, 1.165) is 48.1 Å². The number of nitrogens with one attached hydrogen (secondary N) is 1. The lowest BCUT2D eigenvalue weighted by Crippen LogP contribution is -2.46. The number of nitrogens with zero attached hydrogens (tertiary/aromatic N) is 4. The fourth-order valence-corrected chi connectivity index (χ4v) is 4.62. The standard InChI is InChI=1S/C27H28ClN5O/c1-2-24-26(33-14-4-3-5-25(33)30-24)27(34)29-19-20-6-10-22(11-7-20)31-15-17-32(18-16-31)23-12-8-21(28)9-13-23/h3-14H,2,15-19H2,1H3,(H,29,34). The quantitative estimate of drug-likeness (QED) is 0.436. The molecule has 3 heterocycles. The summed E-state index contributed by atoms with van der Waals surface area (Å²) in [6, 6.07) is 22.3. The second-order valence-electron chi connectivity index (χ2n) is 8.49. The topological polar surface area (TPSA) is 52.9 Å². The predicted octanol–water partition coefficient (Wildman–Crippen LogP) is 4.81. The lowest BCUT2D eigenvalue weighted by atomic mass is 10.1. The molecule has 0 aliphatic carbocycles. The number of anilines is 2. The summed E-state index contributed by atoms with van der Waals surface area (Å²) in [7, 11) is 0. The summed E-state index contributed by atoms with van der Waals surface area (Å²) in [6.45, 7) is 6.37. The molecule has 0 bridgehead atoms. The minimum absolute atomic E-state index is 0.0991. The summed E-state index contributed by atoms with van der Waals surface area (Å²) < 4.78 is 1.86. The number of pyridine rings is 1. The minimum atomic E-state index is -0.0991. The number of aryl methyl sites for hydroxylation is 1. The average Bonchev–Trinajstić information content (AvgIpc) is 3.27. The molecule has 1 saturated heterocycles. The van der Waals surface area contributed by atoms with E-state index in [0.29, 0.717) is 18.7 Å². The number of aromatic nitrogens is 2. The lowest BCUT2D eigenvalue weighted by Gasteiger charge is -2.37. The Morgan fingerprint density at radius 1 is 0.912 bits per heavy atom. The van der Waals surface area contributed by atoms with Gasteiger partial charge < -0.3 is 15.1 Å². The number of carbonyl (C=O) groups is 1. The molecule has 2 aromatic carbocycles. The van der Waals surface area contributed by atoms with Crippen LogP contribution in [0.5, 0.6) is 0 Å². The van der Waals surface area contributed by atoms with Crippen LogP contribution in [0.15, 0.2) is 72.9 Å². The average molecular weight is 474 g/mol. The van der Waals surface area contributed by atoms with Crippen molar-refractivity contribution in [3.05, 3.63) is 94.9 Å². The van der Waals surface area contributed by atoms with Crippen LogP contribution in [0.1, 0.15) is 28.7 Å². The first-order valence-electron chi connectivity index (χ1n) is 11.7. The highest BCUT2D eigenvalue weighted by Gasteiger charge is 2.19. The number of carbonyl (C=O) groups excluding carboxylic acids is 1. The summed E-state index contributed by atoms with van der Waals surface area (Å²) in [5.41, 5.74) is 5.73. The molecule has 0 atom stereocenters. The van der Waals surface area contributed by atoms with Crippen LogP contribution in [0.2, 0.25) is 5.02 Å². The van der Waals surface area contributed by atoms with Gasteiger partial charge >= 0.3 is 0 Å². The van der Waals surface area contributed by atoms with Crippen LogP contribution in [0.25, 0.3) is 5.65 Å². The van der Waals surface area contributed by atoms with E-state index in [2.05, 4.69) is 56.5 Å². The molecule has 2 aromatic heterocycles. The summed E-state index contributed by atoms with van der Waals surface area (Å²) >= 11 is 6.02. The van der Waals surface area contributed by atoms with Crippen molar-refractivity contribution in [2.75, 3.05) is 36.0 Å². The molecule has 0 unspecified atom stereocenters. The van der Waals surface area contributed by atoms with Gasteiger partial charge in [-0.1, -0.05) is 36.7 Å². The van der Waals surface area contributed by atoms with Crippen molar-refractivity contribution in [3.63, 3.8) is 0 Å². The molecule has 6 nitrogen and oxygen atoms in total. The van der Waals surface area contributed by atoms with Gasteiger partial charge in [-0.2, -0.15) is 0 Å².